The fraction of sp³-hybridized carbons (Fsp3) is 0.364. The van der Waals surface area contributed by atoms with Crippen LogP contribution in [0.15, 0.2) is 30.3 Å². The summed E-state index contributed by atoms with van der Waals surface area (Å²) in [5, 5.41) is 0.0187. The van der Waals surface area contributed by atoms with Crippen LogP contribution in [0.2, 0.25) is 13.1 Å². The third kappa shape index (κ3) is 3.36. The second-order valence-electron chi connectivity index (χ2n) is 4.16. The fourth-order valence-electron chi connectivity index (χ4n) is 1.05. The molecule has 82 valence electrons. The van der Waals surface area contributed by atoms with Gasteiger partial charge in [-0.25, -0.2) is 0 Å². The van der Waals surface area contributed by atoms with E-state index in [0.717, 1.165) is 0 Å². The molecular formula is C11H16ClNOSi. The zero-order valence-electron chi connectivity index (χ0n) is 9.25. The average Bonchev–Trinajstić information content (AvgIpc) is 2.18. The molecule has 0 spiro atoms. The fourth-order valence-corrected chi connectivity index (χ4v) is 2.15. The van der Waals surface area contributed by atoms with E-state index in [1.165, 1.54) is 0 Å². The molecule has 15 heavy (non-hydrogen) atoms. The number of nitrogens with one attached hydrogen (secondary N) is 1. The summed E-state index contributed by atoms with van der Waals surface area (Å²) in [7, 11) is -1.86. The smallest absolute Gasteiger partial charge is 0.243 e. The predicted octanol–water partition coefficient (Wildman–Crippen LogP) is 2.79. The number of rotatable bonds is 3. The molecule has 0 saturated carbocycles. The molecule has 1 aromatic carbocycles. The maximum absolute atomic E-state index is 11.8. The maximum Gasteiger partial charge on any atom is 0.243 e. The Kier molecular flexibility index (Phi) is 3.94. The lowest BCUT2D eigenvalue weighted by Gasteiger charge is -2.26. The molecule has 2 nitrogen and oxygen atoms in total. The van der Waals surface area contributed by atoms with E-state index in [1.54, 1.807) is 12.1 Å². The van der Waals surface area contributed by atoms with Gasteiger partial charge in [-0.1, -0.05) is 31.3 Å². The summed E-state index contributed by atoms with van der Waals surface area (Å²) in [5.41, 5.74) is 0.690. The van der Waals surface area contributed by atoms with Crippen LogP contribution in [0.3, 0.4) is 0 Å². The molecule has 1 amide bonds. The Morgan fingerprint density at radius 2 is 1.87 bits per heavy atom. The van der Waals surface area contributed by atoms with Gasteiger partial charge in [-0.05, 0) is 19.1 Å². The maximum atomic E-state index is 11.8. The Morgan fingerprint density at radius 3 is 2.33 bits per heavy atom. The lowest BCUT2D eigenvalue weighted by Crippen LogP contribution is -2.54. The van der Waals surface area contributed by atoms with Gasteiger partial charge in [0.2, 0.25) is 5.91 Å². The highest BCUT2D eigenvalue weighted by molar-refractivity contribution is 6.84. The quantitative estimate of drug-likeness (QED) is 0.640. The number of alkyl halides is 1. The first-order chi connectivity index (χ1) is 6.93. The van der Waals surface area contributed by atoms with Crippen molar-refractivity contribution >= 4 is 25.7 Å². The van der Waals surface area contributed by atoms with Gasteiger partial charge in [0.25, 0.3) is 0 Å². The zero-order chi connectivity index (χ0) is 11.5. The van der Waals surface area contributed by atoms with Crippen molar-refractivity contribution in [1.82, 2.24) is 4.98 Å². The summed E-state index contributed by atoms with van der Waals surface area (Å²) in [6.45, 7) is 6.02. The lowest BCUT2D eigenvalue weighted by atomic mass is 10.2. The van der Waals surface area contributed by atoms with Crippen LogP contribution in [0.4, 0.5) is 0 Å². The molecule has 0 radical (unpaired) electrons. The standard InChI is InChI=1S/C11H16ClNOSi/c1-9(12)15(2,3)13-11(14)10-7-5-4-6-8-10/h4-9H,1-3H3,(H,13,14). The summed E-state index contributed by atoms with van der Waals surface area (Å²) >= 11 is 6.05. The van der Waals surface area contributed by atoms with Crippen LogP contribution in [0.25, 0.3) is 0 Å². The van der Waals surface area contributed by atoms with Crippen LogP contribution in [-0.4, -0.2) is 19.1 Å². The van der Waals surface area contributed by atoms with Crippen molar-refractivity contribution in [1.29, 1.82) is 0 Å². The molecule has 1 unspecified atom stereocenters. The van der Waals surface area contributed by atoms with Crippen LogP contribution in [0, 0.1) is 0 Å². The number of carbonyl (C=O) groups excluding carboxylic acids is 1. The van der Waals surface area contributed by atoms with Crippen molar-refractivity contribution in [3.05, 3.63) is 35.9 Å². The first-order valence-corrected chi connectivity index (χ1v) is 8.46. The predicted molar refractivity (Wildman–Crippen MR) is 66.7 cm³/mol. The van der Waals surface area contributed by atoms with E-state index >= 15 is 0 Å². The average molecular weight is 242 g/mol. The third-order valence-corrected chi connectivity index (χ3v) is 6.96. The number of halogens is 1. The lowest BCUT2D eigenvalue weighted by molar-refractivity contribution is 0.0977. The zero-order valence-corrected chi connectivity index (χ0v) is 11.0. The number of amides is 1. The molecule has 1 atom stereocenters. The van der Waals surface area contributed by atoms with E-state index < -0.39 is 8.24 Å². The minimum absolute atomic E-state index is 0.0187. The van der Waals surface area contributed by atoms with Gasteiger partial charge in [0, 0.05) is 10.6 Å². The van der Waals surface area contributed by atoms with Gasteiger partial charge in [-0.15, -0.1) is 11.6 Å². The third-order valence-electron chi connectivity index (χ3n) is 2.47. The molecule has 0 aliphatic heterocycles. The van der Waals surface area contributed by atoms with Crippen LogP contribution in [0.1, 0.15) is 17.3 Å². The van der Waals surface area contributed by atoms with Crippen molar-refractivity contribution in [2.45, 2.75) is 25.0 Å². The Labute approximate surface area is 96.7 Å². The van der Waals surface area contributed by atoms with Crippen LogP contribution >= 0.6 is 11.6 Å². The van der Waals surface area contributed by atoms with Crippen molar-refractivity contribution in [2.75, 3.05) is 0 Å². The first-order valence-electron chi connectivity index (χ1n) is 4.95. The highest BCUT2D eigenvalue weighted by Gasteiger charge is 2.29. The van der Waals surface area contributed by atoms with E-state index in [1.807, 2.05) is 38.2 Å². The summed E-state index contributed by atoms with van der Waals surface area (Å²) in [4.78, 5) is 14.9. The SMILES string of the molecule is CC(Cl)[Si](C)(C)NC(=O)c1ccccc1. The molecule has 0 aliphatic carbocycles. The number of carbonyl (C=O) groups is 1. The molecular weight excluding hydrogens is 226 g/mol. The van der Waals surface area contributed by atoms with E-state index in [4.69, 9.17) is 11.6 Å². The summed E-state index contributed by atoms with van der Waals surface area (Å²) < 4.78 is 0. The van der Waals surface area contributed by atoms with Gasteiger partial charge in [0.05, 0.1) is 0 Å². The first kappa shape index (κ1) is 12.3. The molecule has 0 fully saturated rings. The molecule has 0 aromatic heterocycles. The molecule has 0 saturated heterocycles. The number of hydrogen-bond acceptors (Lipinski definition) is 1. The Morgan fingerprint density at radius 1 is 1.33 bits per heavy atom. The van der Waals surface area contributed by atoms with E-state index in [9.17, 15) is 4.79 Å². The molecule has 0 bridgehead atoms. The van der Waals surface area contributed by atoms with E-state index in [2.05, 4.69) is 4.98 Å². The minimum atomic E-state index is -1.86. The highest BCUT2D eigenvalue weighted by Crippen LogP contribution is 2.11. The van der Waals surface area contributed by atoms with Crippen molar-refractivity contribution in [3.8, 4) is 0 Å². The molecule has 1 rings (SSSR count). The molecule has 1 aromatic rings. The minimum Gasteiger partial charge on any atom is -0.377 e. The van der Waals surface area contributed by atoms with Crippen molar-refractivity contribution in [3.63, 3.8) is 0 Å². The van der Waals surface area contributed by atoms with Crippen LogP contribution in [-0.2, 0) is 0 Å². The Bertz CT molecular complexity index is 338. The molecule has 0 aliphatic rings. The van der Waals surface area contributed by atoms with Crippen LogP contribution in [0.5, 0.6) is 0 Å². The Hall–Kier alpha value is -0.803. The van der Waals surface area contributed by atoms with Gasteiger partial charge in [-0.2, -0.15) is 0 Å². The largest absolute Gasteiger partial charge is 0.377 e. The monoisotopic (exact) mass is 241 g/mol. The van der Waals surface area contributed by atoms with E-state index in [0.29, 0.717) is 5.56 Å². The number of benzene rings is 1. The van der Waals surface area contributed by atoms with Gasteiger partial charge in [0.15, 0.2) is 8.24 Å². The van der Waals surface area contributed by atoms with Gasteiger partial charge in [-0.3, -0.25) is 4.79 Å². The second kappa shape index (κ2) is 4.81. The Balaban J connectivity index is 2.73. The second-order valence-corrected chi connectivity index (χ2v) is 9.74. The van der Waals surface area contributed by atoms with Crippen molar-refractivity contribution in [2.24, 2.45) is 0 Å². The molecule has 4 heteroatoms. The van der Waals surface area contributed by atoms with Crippen LogP contribution < -0.4 is 4.98 Å². The summed E-state index contributed by atoms with van der Waals surface area (Å²) in [5.74, 6) is -0.0280. The van der Waals surface area contributed by atoms with Gasteiger partial charge < -0.3 is 4.98 Å². The van der Waals surface area contributed by atoms with Gasteiger partial charge in [0.1, 0.15) is 0 Å². The molecule has 0 heterocycles. The number of hydrogen-bond donors (Lipinski definition) is 1. The topological polar surface area (TPSA) is 29.1 Å². The normalized spacial score (nSPS) is 13.3. The summed E-state index contributed by atoms with van der Waals surface area (Å²) in [6.07, 6.45) is 0. The van der Waals surface area contributed by atoms with Gasteiger partial charge >= 0.3 is 0 Å². The van der Waals surface area contributed by atoms with Crippen molar-refractivity contribution < 1.29 is 4.79 Å². The molecule has 1 N–H and O–H groups in total. The van der Waals surface area contributed by atoms with E-state index in [-0.39, 0.29) is 10.9 Å². The summed E-state index contributed by atoms with van der Waals surface area (Å²) in [6, 6.07) is 9.21. The highest BCUT2D eigenvalue weighted by atomic mass is 35.5.